The van der Waals surface area contributed by atoms with E-state index in [2.05, 4.69) is 25.8 Å². The van der Waals surface area contributed by atoms with Crippen LogP contribution in [0.4, 0.5) is 5.82 Å². The third-order valence-electron chi connectivity index (χ3n) is 4.20. The quantitative estimate of drug-likeness (QED) is 0.806. The number of methoxy groups -OCH3 is 1. The zero-order valence-electron chi connectivity index (χ0n) is 13.6. The minimum absolute atomic E-state index is 0.142. The molecule has 1 aliphatic rings. The van der Waals surface area contributed by atoms with E-state index < -0.39 is 0 Å². The second-order valence-corrected chi connectivity index (χ2v) is 6.61. The van der Waals surface area contributed by atoms with Gasteiger partial charge in [-0.3, -0.25) is 4.79 Å². The third-order valence-corrected chi connectivity index (χ3v) is 4.67. The van der Waals surface area contributed by atoms with Gasteiger partial charge in [-0.25, -0.2) is 4.98 Å². The zero-order chi connectivity index (χ0) is 16.9. The maximum absolute atomic E-state index is 12.6. The first kappa shape index (κ1) is 16.8. The van der Waals surface area contributed by atoms with Crippen LogP contribution >= 0.6 is 15.9 Å². The number of nitrogens with zero attached hydrogens (tertiary/aromatic N) is 3. The number of halogens is 1. The van der Waals surface area contributed by atoms with Crippen LogP contribution in [-0.2, 0) is 11.2 Å². The predicted octanol–water partition coefficient (Wildman–Crippen LogP) is 2.74. The van der Waals surface area contributed by atoms with Crippen molar-refractivity contribution in [3.05, 3.63) is 52.6 Å². The number of hydrogen-bond donors (Lipinski definition) is 0. The van der Waals surface area contributed by atoms with Gasteiger partial charge in [0.05, 0.1) is 13.5 Å². The van der Waals surface area contributed by atoms with Gasteiger partial charge in [-0.15, -0.1) is 0 Å². The first-order valence-corrected chi connectivity index (χ1v) is 8.73. The third kappa shape index (κ3) is 3.87. The molecule has 0 unspecified atom stereocenters. The maximum Gasteiger partial charge on any atom is 0.227 e. The summed E-state index contributed by atoms with van der Waals surface area (Å²) in [6, 6.07) is 11.7. The second-order valence-electron chi connectivity index (χ2n) is 5.69. The minimum Gasteiger partial charge on any atom is -0.496 e. The van der Waals surface area contributed by atoms with E-state index in [1.54, 1.807) is 13.3 Å². The Bertz CT molecular complexity index is 698. The van der Waals surface area contributed by atoms with E-state index in [1.165, 1.54) is 0 Å². The number of benzene rings is 1. The molecule has 1 saturated heterocycles. The molecule has 1 fully saturated rings. The van der Waals surface area contributed by atoms with Crippen molar-refractivity contribution >= 4 is 27.7 Å². The molecule has 0 N–H and O–H groups in total. The van der Waals surface area contributed by atoms with E-state index in [1.807, 2.05) is 41.3 Å². The fourth-order valence-corrected chi connectivity index (χ4v) is 3.10. The molecule has 1 aromatic carbocycles. The van der Waals surface area contributed by atoms with Crippen LogP contribution < -0.4 is 9.64 Å². The molecule has 0 radical (unpaired) electrons. The summed E-state index contributed by atoms with van der Waals surface area (Å²) in [5.41, 5.74) is 0.932. The molecule has 0 saturated carbocycles. The van der Waals surface area contributed by atoms with Gasteiger partial charge in [-0.05, 0) is 34.1 Å². The number of para-hydroxylation sites is 1. The SMILES string of the molecule is COc1ccccc1CC(=O)N1CCN(c2ccc(Br)cn2)CC1. The molecule has 24 heavy (non-hydrogen) atoms. The number of hydrogen-bond acceptors (Lipinski definition) is 4. The molecule has 0 spiro atoms. The van der Waals surface area contributed by atoms with Crippen molar-refractivity contribution in [1.82, 2.24) is 9.88 Å². The second kappa shape index (κ2) is 7.66. The van der Waals surface area contributed by atoms with Crippen LogP contribution in [0.3, 0.4) is 0 Å². The molecule has 5 nitrogen and oxygen atoms in total. The molecular weight excluding hydrogens is 370 g/mol. The van der Waals surface area contributed by atoms with Crippen molar-refractivity contribution in [2.24, 2.45) is 0 Å². The molecule has 1 amide bonds. The first-order chi connectivity index (χ1) is 11.7. The molecular formula is C18H20BrN3O2. The summed E-state index contributed by atoms with van der Waals surface area (Å²) in [6.45, 7) is 3.02. The van der Waals surface area contributed by atoms with Gasteiger partial charge in [0.25, 0.3) is 0 Å². The lowest BCUT2D eigenvalue weighted by Gasteiger charge is -2.35. The average molecular weight is 390 g/mol. The molecule has 3 rings (SSSR count). The molecule has 1 aliphatic heterocycles. The Morgan fingerprint density at radius 3 is 2.58 bits per heavy atom. The largest absolute Gasteiger partial charge is 0.496 e. The fraction of sp³-hybridized carbons (Fsp3) is 0.333. The Morgan fingerprint density at radius 1 is 1.17 bits per heavy atom. The van der Waals surface area contributed by atoms with E-state index >= 15 is 0 Å². The normalized spacial score (nSPS) is 14.6. The number of carbonyl (C=O) groups is 1. The molecule has 0 atom stereocenters. The summed E-state index contributed by atoms with van der Waals surface area (Å²) in [6.07, 6.45) is 2.18. The number of aromatic nitrogens is 1. The van der Waals surface area contributed by atoms with Crippen molar-refractivity contribution < 1.29 is 9.53 Å². The monoisotopic (exact) mass is 389 g/mol. The number of ether oxygens (including phenoxy) is 1. The van der Waals surface area contributed by atoms with Crippen molar-refractivity contribution in [3.63, 3.8) is 0 Å². The molecule has 0 bridgehead atoms. The van der Waals surface area contributed by atoms with E-state index in [4.69, 9.17) is 4.74 Å². The predicted molar refractivity (Wildman–Crippen MR) is 97.4 cm³/mol. The van der Waals surface area contributed by atoms with Crippen LogP contribution in [0.2, 0.25) is 0 Å². The molecule has 2 aromatic rings. The van der Waals surface area contributed by atoms with E-state index in [9.17, 15) is 4.79 Å². The van der Waals surface area contributed by atoms with E-state index in [0.29, 0.717) is 19.5 Å². The molecule has 126 valence electrons. The Balaban J connectivity index is 1.58. The Morgan fingerprint density at radius 2 is 1.92 bits per heavy atom. The van der Waals surface area contributed by atoms with Crippen LogP contribution in [0, 0.1) is 0 Å². The van der Waals surface area contributed by atoms with Gasteiger partial charge in [0, 0.05) is 42.4 Å². The van der Waals surface area contributed by atoms with Crippen LogP contribution in [0.5, 0.6) is 5.75 Å². The highest BCUT2D eigenvalue weighted by Crippen LogP contribution is 2.20. The maximum atomic E-state index is 12.6. The highest BCUT2D eigenvalue weighted by molar-refractivity contribution is 9.10. The van der Waals surface area contributed by atoms with Crippen LogP contribution in [0.25, 0.3) is 0 Å². The van der Waals surface area contributed by atoms with Crippen LogP contribution in [0.15, 0.2) is 47.1 Å². The topological polar surface area (TPSA) is 45.7 Å². The highest BCUT2D eigenvalue weighted by atomic mass is 79.9. The van der Waals surface area contributed by atoms with Crippen LogP contribution in [-0.4, -0.2) is 49.1 Å². The van der Waals surface area contributed by atoms with Gasteiger partial charge in [0.1, 0.15) is 11.6 Å². The Hall–Kier alpha value is -2.08. The zero-order valence-corrected chi connectivity index (χ0v) is 15.2. The number of pyridine rings is 1. The van der Waals surface area contributed by atoms with Crippen molar-refractivity contribution in [2.75, 3.05) is 38.2 Å². The number of rotatable bonds is 4. The van der Waals surface area contributed by atoms with Gasteiger partial charge < -0.3 is 14.5 Å². The van der Waals surface area contributed by atoms with Crippen molar-refractivity contribution in [2.45, 2.75) is 6.42 Å². The van der Waals surface area contributed by atoms with E-state index in [-0.39, 0.29) is 5.91 Å². The number of carbonyl (C=O) groups excluding carboxylic acids is 1. The van der Waals surface area contributed by atoms with E-state index in [0.717, 1.165) is 34.7 Å². The van der Waals surface area contributed by atoms with Gasteiger partial charge in [-0.1, -0.05) is 18.2 Å². The summed E-state index contributed by atoms with van der Waals surface area (Å²) < 4.78 is 6.30. The lowest BCUT2D eigenvalue weighted by atomic mass is 10.1. The van der Waals surface area contributed by atoms with Crippen molar-refractivity contribution in [1.29, 1.82) is 0 Å². The summed E-state index contributed by atoms with van der Waals surface area (Å²) in [5.74, 6) is 1.86. The lowest BCUT2D eigenvalue weighted by Crippen LogP contribution is -2.49. The van der Waals surface area contributed by atoms with Gasteiger partial charge >= 0.3 is 0 Å². The molecule has 0 aliphatic carbocycles. The molecule has 1 aromatic heterocycles. The molecule has 6 heteroatoms. The lowest BCUT2D eigenvalue weighted by molar-refractivity contribution is -0.130. The average Bonchev–Trinajstić information content (AvgIpc) is 2.63. The van der Waals surface area contributed by atoms with Crippen molar-refractivity contribution in [3.8, 4) is 5.75 Å². The Kier molecular flexibility index (Phi) is 5.35. The van der Waals surface area contributed by atoms with Crippen LogP contribution in [0.1, 0.15) is 5.56 Å². The summed E-state index contributed by atoms with van der Waals surface area (Å²) >= 11 is 3.40. The number of amides is 1. The number of anilines is 1. The van der Waals surface area contributed by atoms with Gasteiger partial charge in [0.15, 0.2) is 0 Å². The Labute approximate surface area is 150 Å². The minimum atomic E-state index is 0.142. The smallest absolute Gasteiger partial charge is 0.227 e. The molecule has 2 heterocycles. The highest BCUT2D eigenvalue weighted by Gasteiger charge is 2.22. The summed E-state index contributed by atoms with van der Waals surface area (Å²) in [4.78, 5) is 21.1. The number of piperazine rings is 1. The first-order valence-electron chi connectivity index (χ1n) is 7.93. The standard InChI is InChI=1S/C18H20BrN3O2/c1-24-16-5-3-2-4-14(16)12-18(23)22-10-8-21(9-11-22)17-7-6-15(19)13-20-17/h2-7,13H,8-12H2,1H3. The summed E-state index contributed by atoms with van der Waals surface area (Å²) in [7, 11) is 1.63. The van der Waals surface area contributed by atoms with Gasteiger partial charge in [-0.2, -0.15) is 0 Å². The fourth-order valence-electron chi connectivity index (χ4n) is 2.86. The summed E-state index contributed by atoms with van der Waals surface area (Å²) in [5, 5.41) is 0. The van der Waals surface area contributed by atoms with Gasteiger partial charge in [0.2, 0.25) is 5.91 Å².